The largest absolute Gasteiger partial charge is 0.370 e. The van der Waals surface area contributed by atoms with Crippen LogP contribution in [0.3, 0.4) is 0 Å². The van der Waals surface area contributed by atoms with Crippen molar-refractivity contribution < 1.29 is 9.18 Å². The standard InChI is InChI=1S/C18H23FN4O/c1-12(2)10-13-11-15(22-21-13)18(24)20-17-14(19)6-5-7-16(17)23-8-3-4-9-23/h5-7,11-12H,3-4,8-10H2,1-2H3,(H,20,24)(H,21,22). The monoisotopic (exact) mass is 330 g/mol. The van der Waals surface area contributed by atoms with Crippen molar-refractivity contribution in [3.8, 4) is 0 Å². The van der Waals surface area contributed by atoms with Gasteiger partial charge in [0.2, 0.25) is 0 Å². The number of nitrogens with zero attached hydrogens (tertiary/aromatic N) is 2. The van der Waals surface area contributed by atoms with Crippen molar-refractivity contribution in [3.63, 3.8) is 0 Å². The zero-order valence-electron chi connectivity index (χ0n) is 14.1. The Morgan fingerprint density at radius 1 is 1.38 bits per heavy atom. The van der Waals surface area contributed by atoms with Crippen LogP contribution in [-0.4, -0.2) is 29.2 Å². The Morgan fingerprint density at radius 2 is 2.12 bits per heavy atom. The van der Waals surface area contributed by atoms with E-state index in [1.807, 2.05) is 6.07 Å². The van der Waals surface area contributed by atoms with Crippen LogP contribution < -0.4 is 10.2 Å². The number of nitrogens with one attached hydrogen (secondary N) is 2. The topological polar surface area (TPSA) is 61.0 Å². The van der Waals surface area contributed by atoms with E-state index in [1.54, 1.807) is 12.1 Å². The van der Waals surface area contributed by atoms with Gasteiger partial charge in [-0.3, -0.25) is 9.89 Å². The number of rotatable bonds is 5. The van der Waals surface area contributed by atoms with Crippen LogP contribution in [0.1, 0.15) is 42.9 Å². The van der Waals surface area contributed by atoms with Crippen molar-refractivity contribution in [1.82, 2.24) is 10.2 Å². The van der Waals surface area contributed by atoms with Crippen LogP contribution in [0.15, 0.2) is 24.3 Å². The second kappa shape index (κ2) is 7.03. The summed E-state index contributed by atoms with van der Waals surface area (Å²) in [4.78, 5) is 14.6. The molecule has 128 valence electrons. The summed E-state index contributed by atoms with van der Waals surface area (Å²) in [7, 11) is 0. The summed E-state index contributed by atoms with van der Waals surface area (Å²) in [6.45, 7) is 5.96. The van der Waals surface area contributed by atoms with E-state index in [4.69, 9.17) is 0 Å². The second-order valence-corrected chi connectivity index (χ2v) is 6.66. The van der Waals surface area contributed by atoms with Gasteiger partial charge in [-0.1, -0.05) is 19.9 Å². The minimum absolute atomic E-state index is 0.234. The number of H-pyrrole nitrogens is 1. The predicted octanol–water partition coefficient (Wildman–Crippen LogP) is 3.60. The first-order chi connectivity index (χ1) is 11.5. The summed E-state index contributed by atoms with van der Waals surface area (Å²) in [5.41, 5.74) is 2.15. The number of para-hydroxylation sites is 1. The van der Waals surface area contributed by atoms with Crippen molar-refractivity contribution in [2.24, 2.45) is 5.92 Å². The Balaban J connectivity index is 1.80. The first kappa shape index (κ1) is 16.5. The number of aromatic nitrogens is 2. The summed E-state index contributed by atoms with van der Waals surface area (Å²) in [6, 6.07) is 6.61. The molecule has 1 saturated heterocycles. The van der Waals surface area contributed by atoms with E-state index >= 15 is 0 Å². The van der Waals surface area contributed by atoms with Crippen LogP contribution in [0, 0.1) is 11.7 Å². The van der Waals surface area contributed by atoms with Gasteiger partial charge in [0, 0.05) is 18.8 Å². The Kier molecular flexibility index (Phi) is 4.83. The predicted molar refractivity (Wildman–Crippen MR) is 92.9 cm³/mol. The molecule has 2 N–H and O–H groups in total. The number of hydrogen-bond acceptors (Lipinski definition) is 3. The number of halogens is 1. The fourth-order valence-corrected chi connectivity index (χ4v) is 3.06. The van der Waals surface area contributed by atoms with Gasteiger partial charge in [-0.25, -0.2) is 4.39 Å². The second-order valence-electron chi connectivity index (χ2n) is 6.66. The van der Waals surface area contributed by atoms with Crippen molar-refractivity contribution in [3.05, 3.63) is 41.5 Å². The third-order valence-corrected chi connectivity index (χ3v) is 4.17. The number of carbonyl (C=O) groups excluding carboxylic acids is 1. The van der Waals surface area contributed by atoms with Crippen LogP contribution in [-0.2, 0) is 6.42 Å². The molecule has 1 aromatic carbocycles. The maximum Gasteiger partial charge on any atom is 0.276 e. The lowest BCUT2D eigenvalue weighted by atomic mass is 10.1. The van der Waals surface area contributed by atoms with E-state index in [0.717, 1.165) is 43.7 Å². The quantitative estimate of drug-likeness (QED) is 0.880. The van der Waals surface area contributed by atoms with Gasteiger partial charge in [0.1, 0.15) is 11.5 Å². The van der Waals surface area contributed by atoms with Gasteiger partial charge in [-0.2, -0.15) is 5.10 Å². The smallest absolute Gasteiger partial charge is 0.276 e. The van der Waals surface area contributed by atoms with Gasteiger partial charge in [0.05, 0.1) is 5.69 Å². The molecule has 0 unspecified atom stereocenters. The molecule has 0 bridgehead atoms. The van der Waals surface area contributed by atoms with Crippen LogP contribution in [0.5, 0.6) is 0 Å². The minimum Gasteiger partial charge on any atom is -0.370 e. The molecular weight excluding hydrogens is 307 g/mol. The van der Waals surface area contributed by atoms with E-state index in [2.05, 4.69) is 34.3 Å². The molecule has 2 heterocycles. The molecule has 2 aromatic rings. The van der Waals surface area contributed by atoms with Crippen LogP contribution in [0.4, 0.5) is 15.8 Å². The molecule has 5 nitrogen and oxygen atoms in total. The lowest BCUT2D eigenvalue weighted by Gasteiger charge is -2.21. The summed E-state index contributed by atoms with van der Waals surface area (Å²) >= 11 is 0. The zero-order chi connectivity index (χ0) is 17.1. The molecule has 0 radical (unpaired) electrons. The van der Waals surface area contributed by atoms with Gasteiger partial charge in [0.25, 0.3) is 5.91 Å². The number of aromatic amines is 1. The van der Waals surface area contributed by atoms with Crippen molar-refractivity contribution >= 4 is 17.3 Å². The van der Waals surface area contributed by atoms with Gasteiger partial charge >= 0.3 is 0 Å². The van der Waals surface area contributed by atoms with Crippen LogP contribution in [0.25, 0.3) is 0 Å². The van der Waals surface area contributed by atoms with Gasteiger partial charge in [-0.05, 0) is 43.4 Å². The average Bonchev–Trinajstić information content (AvgIpc) is 3.20. The first-order valence-corrected chi connectivity index (χ1v) is 8.43. The fraction of sp³-hybridized carbons (Fsp3) is 0.444. The molecule has 0 saturated carbocycles. The minimum atomic E-state index is -0.425. The molecular formula is C18H23FN4O. The zero-order valence-corrected chi connectivity index (χ0v) is 14.1. The van der Waals surface area contributed by atoms with Gasteiger partial charge in [-0.15, -0.1) is 0 Å². The molecule has 1 aromatic heterocycles. The lowest BCUT2D eigenvalue weighted by Crippen LogP contribution is -2.22. The van der Waals surface area contributed by atoms with Crippen LogP contribution >= 0.6 is 0 Å². The Hall–Kier alpha value is -2.37. The molecule has 6 heteroatoms. The third-order valence-electron chi connectivity index (χ3n) is 4.17. The number of amides is 1. The SMILES string of the molecule is CC(C)Cc1cc(C(=O)Nc2c(F)cccc2N2CCCC2)n[nH]1. The maximum absolute atomic E-state index is 14.3. The highest BCUT2D eigenvalue weighted by Gasteiger charge is 2.21. The Morgan fingerprint density at radius 3 is 2.83 bits per heavy atom. The third kappa shape index (κ3) is 3.58. The maximum atomic E-state index is 14.3. The van der Waals surface area contributed by atoms with Crippen molar-refractivity contribution in [1.29, 1.82) is 0 Å². The molecule has 1 amide bonds. The summed E-state index contributed by atoms with van der Waals surface area (Å²) in [6.07, 6.45) is 2.99. The fourth-order valence-electron chi connectivity index (χ4n) is 3.06. The van der Waals surface area contributed by atoms with E-state index in [9.17, 15) is 9.18 Å². The molecule has 1 aliphatic rings. The molecule has 24 heavy (non-hydrogen) atoms. The van der Waals surface area contributed by atoms with E-state index in [1.165, 1.54) is 6.07 Å². The number of carbonyl (C=O) groups is 1. The lowest BCUT2D eigenvalue weighted by molar-refractivity contribution is 0.102. The Bertz CT molecular complexity index is 720. The molecule has 0 atom stereocenters. The molecule has 1 fully saturated rings. The number of hydrogen-bond donors (Lipinski definition) is 2. The summed E-state index contributed by atoms with van der Waals surface area (Å²) in [5, 5.41) is 9.62. The van der Waals surface area contributed by atoms with E-state index < -0.39 is 11.7 Å². The van der Waals surface area contributed by atoms with Gasteiger partial charge < -0.3 is 10.2 Å². The number of anilines is 2. The summed E-state index contributed by atoms with van der Waals surface area (Å²) in [5.74, 6) is -0.354. The molecule has 0 spiro atoms. The van der Waals surface area contributed by atoms with Gasteiger partial charge in [0.15, 0.2) is 5.69 Å². The first-order valence-electron chi connectivity index (χ1n) is 8.43. The van der Waals surface area contributed by atoms with Crippen molar-refractivity contribution in [2.45, 2.75) is 33.1 Å². The van der Waals surface area contributed by atoms with Crippen molar-refractivity contribution in [2.75, 3.05) is 23.3 Å². The summed E-state index contributed by atoms with van der Waals surface area (Å²) < 4.78 is 14.3. The highest BCUT2D eigenvalue weighted by molar-refractivity contribution is 6.04. The molecule has 3 rings (SSSR count). The van der Waals surface area contributed by atoms with E-state index in [0.29, 0.717) is 5.92 Å². The normalized spacial score (nSPS) is 14.4. The molecule has 0 aliphatic carbocycles. The Labute approximate surface area is 141 Å². The highest BCUT2D eigenvalue weighted by atomic mass is 19.1. The molecule has 1 aliphatic heterocycles. The average molecular weight is 330 g/mol. The number of benzene rings is 1. The van der Waals surface area contributed by atoms with E-state index in [-0.39, 0.29) is 11.4 Å². The van der Waals surface area contributed by atoms with Crippen LogP contribution in [0.2, 0.25) is 0 Å². The highest BCUT2D eigenvalue weighted by Crippen LogP contribution is 2.31.